The summed E-state index contributed by atoms with van der Waals surface area (Å²) < 4.78 is 13.5. The van der Waals surface area contributed by atoms with E-state index in [-0.39, 0.29) is 24.1 Å². The van der Waals surface area contributed by atoms with E-state index >= 15 is 0 Å². The highest BCUT2D eigenvalue weighted by atomic mass is 19.1. The third-order valence-corrected chi connectivity index (χ3v) is 3.56. The van der Waals surface area contributed by atoms with Gasteiger partial charge < -0.3 is 10.0 Å². The molecule has 4 nitrogen and oxygen atoms in total. The van der Waals surface area contributed by atoms with Crippen LogP contribution in [0.1, 0.15) is 35.7 Å². The van der Waals surface area contributed by atoms with Crippen molar-refractivity contribution in [3.05, 3.63) is 35.1 Å². The van der Waals surface area contributed by atoms with Gasteiger partial charge in [-0.2, -0.15) is 0 Å². The number of carboxylic acid groups (broad SMARTS) is 1. The first-order valence-corrected chi connectivity index (χ1v) is 6.70. The first-order chi connectivity index (χ1) is 9.40. The lowest BCUT2D eigenvalue weighted by atomic mass is 10.1. The molecule has 1 fully saturated rings. The lowest BCUT2D eigenvalue weighted by Gasteiger charge is -2.24. The van der Waals surface area contributed by atoms with Gasteiger partial charge in [0.2, 0.25) is 0 Å². The Kier molecular flexibility index (Phi) is 4.06. The third kappa shape index (κ3) is 3.15. The van der Waals surface area contributed by atoms with Gasteiger partial charge in [0.1, 0.15) is 5.82 Å². The van der Waals surface area contributed by atoms with Crippen LogP contribution in [-0.2, 0) is 4.79 Å². The lowest BCUT2D eigenvalue weighted by Crippen LogP contribution is -2.38. The molecule has 1 aromatic carbocycles. The van der Waals surface area contributed by atoms with Crippen LogP contribution in [0, 0.1) is 18.7 Å². The molecule has 0 unspecified atom stereocenters. The summed E-state index contributed by atoms with van der Waals surface area (Å²) in [6, 6.07) is 4.46. The zero-order chi connectivity index (χ0) is 14.9. The molecule has 1 N–H and O–H groups in total. The summed E-state index contributed by atoms with van der Waals surface area (Å²) in [5, 5.41) is 8.97. The molecule has 0 aromatic heterocycles. The van der Waals surface area contributed by atoms with Crippen molar-refractivity contribution < 1.29 is 19.1 Å². The highest BCUT2D eigenvalue weighted by Gasteiger charge is 2.35. The number of carbonyl (C=O) groups excluding carboxylic acids is 1. The number of aryl methyl sites for hydroxylation is 1. The third-order valence-electron chi connectivity index (χ3n) is 3.56. The van der Waals surface area contributed by atoms with Crippen LogP contribution in [0.5, 0.6) is 0 Å². The van der Waals surface area contributed by atoms with E-state index in [2.05, 4.69) is 0 Å². The monoisotopic (exact) mass is 279 g/mol. The van der Waals surface area contributed by atoms with Crippen molar-refractivity contribution >= 4 is 11.9 Å². The van der Waals surface area contributed by atoms with Crippen LogP contribution in [-0.4, -0.2) is 34.5 Å². The minimum Gasteiger partial charge on any atom is -0.481 e. The van der Waals surface area contributed by atoms with Crippen molar-refractivity contribution in [3.8, 4) is 0 Å². The first-order valence-electron chi connectivity index (χ1n) is 6.70. The molecule has 1 aromatic rings. The second kappa shape index (κ2) is 5.61. The number of carboxylic acids is 1. The van der Waals surface area contributed by atoms with Gasteiger partial charge in [0.05, 0.1) is 5.92 Å². The highest BCUT2D eigenvalue weighted by molar-refractivity contribution is 5.95. The summed E-state index contributed by atoms with van der Waals surface area (Å²) in [6.07, 6.45) is 1.76. The van der Waals surface area contributed by atoms with E-state index in [0.29, 0.717) is 5.56 Å². The smallest absolute Gasteiger partial charge is 0.308 e. The average Bonchev–Trinajstić information content (AvgIpc) is 3.22. The van der Waals surface area contributed by atoms with Gasteiger partial charge in [0.15, 0.2) is 0 Å². The Balaban J connectivity index is 2.18. The molecule has 0 radical (unpaired) electrons. The number of rotatable bonds is 5. The molecule has 1 aliphatic rings. The molecule has 0 saturated heterocycles. The number of aliphatic carboxylic acids is 1. The molecule has 1 saturated carbocycles. The second-order valence-corrected chi connectivity index (χ2v) is 5.39. The Morgan fingerprint density at radius 2 is 2.10 bits per heavy atom. The van der Waals surface area contributed by atoms with Crippen molar-refractivity contribution in [1.29, 1.82) is 0 Å². The first kappa shape index (κ1) is 14.5. The average molecular weight is 279 g/mol. The Hall–Kier alpha value is -1.91. The van der Waals surface area contributed by atoms with E-state index in [1.54, 1.807) is 30.9 Å². The van der Waals surface area contributed by atoms with Gasteiger partial charge in [-0.25, -0.2) is 4.39 Å². The Morgan fingerprint density at radius 1 is 1.45 bits per heavy atom. The fraction of sp³-hybridized carbons (Fsp3) is 0.467. The molecule has 5 heteroatoms. The fourth-order valence-corrected chi connectivity index (χ4v) is 2.05. The van der Waals surface area contributed by atoms with Crippen molar-refractivity contribution in [2.24, 2.45) is 5.92 Å². The van der Waals surface area contributed by atoms with Gasteiger partial charge in [0.25, 0.3) is 5.91 Å². The summed E-state index contributed by atoms with van der Waals surface area (Å²) >= 11 is 0. The van der Waals surface area contributed by atoms with E-state index in [1.807, 2.05) is 0 Å². The van der Waals surface area contributed by atoms with Crippen LogP contribution < -0.4 is 0 Å². The summed E-state index contributed by atoms with van der Waals surface area (Å²) in [5.74, 6) is -2.27. The number of amides is 1. The summed E-state index contributed by atoms with van der Waals surface area (Å²) in [5.41, 5.74) is 0.760. The minimum absolute atomic E-state index is 0.0914. The maximum Gasteiger partial charge on any atom is 0.308 e. The van der Waals surface area contributed by atoms with Crippen molar-refractivity contribution in [2.45, 2.75) is 32.7 Å². The molecule has 108 valence electrons. The molecule has 0 aliphatic heterocycles. The normalized spacial score (nSPS) is 15.8. The Labute approximate surface area is 117 Å². The van der Waals surface area contributed by atoms with Gasteiger partial charge in [-0.05, 0) is 37.5 Å². The van der Waals surface area contributed by atoms with Gasteiger partial charge in [0, 0.05) is 18.2 Å². The second-order valence-electron chi connectivity index (χ2n) is 5.39. The molecule has 1 aliphatic carbocycles. The van der Waals surface area contributed by atoms with Crippen LogP contribution >= 0.6 is 0 Å². The molecular formula is C15H18FNO3. The number of hydrogen-bond acceptors (Lipinski definition) is 2. The van der Waals surface area contributed by atoms with Crippen molar-refractivity contribution in [3.63, 3.8) is 0 Å². The SMILES string of the molecule is Cc1ccc(C(=O)N(C[C@H](C)C(=O)O)C2CC2)cc1F. The molecule has 0 spiro atoms. The number of nitrogens with zero attached hydrogens (tertiary/aromatic N) is 1. The zero-order valence-electron chi connectivity index (χ0n) is 11.6. The Morgan fingerprint density at radius 3 is 2.60 bits per heavy atom. The van der Waals surface area contributed by atoms with Crippen LogP contribution in [0.3, 0.4) is 0 Å². The lowest BCUT2D eigenvalue weighted by molar-refractivity contribution is -0.141. The van der Waals surface area contributed by atoms with E-state index in [9.17, 15) is 14.0 Å². The molecule has 0 bridgehead atoms. The van der Waals surface area contributed by atoms with Crippen LogP contribution in [0.25, 0.3) is 0 Å². The van der Waals surface area contributed by atoms with Crippen LogP contribution in [0.15, 0.2) is 18.2 Å². The standard InChI is InChI=1S/C15H18FNO3/c1-9-3-4-11(7-13(9)16)14(18)17(12-5-6-12)8-10(2)15(19)20/h3-4,7,10,12H,5-6,8H2,1-2H3,(H,19,20)/t10-/m0/s1. The molecule has 2 rings (SSSR count). The topological polar surface area (TPSA) is 57.6 Å². The molecule has 0 heterocycles. The zero-order valence-corrected chi connectivity index (χ0v) is 11.6. The van der Waals surface area contributed by atoms with E-state index in [0.717, 1.165) is 12.8 Å². The summed E-state index contributed by atoms with van der Waals surface area (Å²) in [4.78, 5) is 24.9. The summed E-state index contributed by atoms with van der Waals surface area (Å²) in [7, 11) is 0. The maximum absolute atomic E-state index is 13.5. The van der Waals surface area contributed by atoms with Gasteiger partial charge in [-0.1, -0.05) is 13.0 Å². The molecule has 1 atom stereocenters. The predicted molar refractivity (Wildman–Crippen MR) is 72.0 cm³/mol. The van der Waals surface area contributed by atoms with Crippen molar-refractivity contribution in [1.82, 2.24) is 4.90 Å². The number of carbonyl (C=O) groups is 2. The number of hydrogen-bond donors (Lipinski definition) is 1. The maximum atomic E-state index is 13.5. The van der Waals surface area contributed by atoms with Gasteiger partial charge in [-0.15, -0.1) is 0 Å². The summed E-state index contributed by atoms with van der Waals surface area (Å²) in [6.45, 7) is 3.36. The quantitative estimate of drug-likeness (QED) is 0.900. The van der Waals surface area contributed by atoms with E-state index in [4.69, 9.17) is 5.11 Å². The number of benzene rings is 1. The van der Waals surface area contributed by atoms with Crippen LogP contribution in [0.4, 0.5) is 4.39 Å². The van der Waals surface area contributed by atoms with E-state index in [1.165, 1.54) is 6.07 Å². The van der Waals surface area contributed by atoms with E-state index < -0.39 is 17.7 Å². The minimum atomic E-state index is -0.932. The Bertz CT molecular complexity index is 540. The predicted octanol–water partition coefficient (Wildman–Crippen LogP) is 2.46. The fourth-order valence-electron chi connectivity index (χ4n) is 2.05. The highest BCUT2D eigenvalue weighted by Crippen LogP contribution is 2.29. The van der Waals surface area contributed by atoms with Gasteiger partial charge in [-0.3, -0.25) is 9.59 Å². The number of halogens is 1. The van der Waals surface area contributed by atoms with Crippen LogP contribution in [0.2, 0.25) is 0 Å². The molecule has 20 heavy (non-hydrogen) atoms. The van der Waals surface area contributed by atoms with Gasteiger partial charge >= 0.3 is 5.97 Å². The van der Waals surface area contributed by atoms with Crippen molar-refractivity contribution in [2.75, 3.05) is 6.54 Å². The molecular weight excluding hydrogens is 261 g/mol. The molecule has 1 amide bonds. The largest absolute Gasteiger partial charge is 0.481 e.